The van der Waals surface area contributed by atoms with Crippen LogP contribution in [0.25, 0.3) is 0 Å². The van der Waals surface area contributed by atoms with E-state index in [9.17, 15) is 13.8 Å². The predicted molar refractivity (Wildman–Crippen MR) is 94.2 cm³/mol. The summed E-state index contributed by atoms with van der Waals surface area (Å²) in [7, 11) is -1.26. The quantitative estimate of drug-likeness (QED) is 0.788. The van der Waals surface area contributed by atoms with E-state index >= 15 is 0 Å². The van der Waals surface area contributed by atoms with Crippen LogP contribution in [0, 0.1) is 0 Å². The minimum Gasteiger partial charge on any atom is -0.368 e. The van der Waals surface area contributed by atoms with Crippen molar-refractivity contribution in [1.29, 1.82) is 0 Å². The number of carbonyl (C=O) groups is 2. The molecule has 5 nitrogen and oxygen atoms in total. The van der Waals surface area contributed by atoms with Crippen molar-refractivity contribution < 1.29 is 13.8 Å². The largest absolute Gasteiger partial charge is 0.368 e. The van der Waals surface area contributed by atoms with Gasteiger partial charge in [0.2, 0.25) is 5.91 Å². The standard InChI is InChI=1S/C17H17ClN2O3S/c18-13-8-6-12(7-9-13)17(22)20-15(16(19)21)10-11-24(23)14-4-2-1-3-5-14/h1-9,15H,10-11H2,(H2,19,21)(H,20,22)/t15-,24+/m1/s1. The van der Waals surface area contributed by atoms with Crippen molar-refractivity contribution in [3.63, 3.8) is 0 Å². The third kappa shape index (κ3) is 5.18. The van der Waals surface area contributed by atoms with Gasteiger partial charge in [0.1, 0.15) is 6.04 Å². The second kappa shape index (κ2) is 8.61. The smallest absolute Gasteiger partial charge is 0.251 e. The van der Waals surface area contributed by atoms with E-state index in [1.807, 2.05) is 6.07 Å². The molecule has 2 aromatic rings. The third-order valence-corrected chi connectivity index (χ3v) is 5.01. The van der Waals surface area contributed by atoms with E-state index in [0.29, 0.717) is 15.5 Å². The van der Waals surface area contributed by atoms with Crippen LogP contribution in [0.2, 0.25) is 5.02 Å². The Morgan fingerprint density at radius 2 is 1.71 bits per heavy atom. The number of primary amides is 1. The Hall–Kier alpha value is -2.18. The number of carbonyl (C=O) groups excluding carboxylic acids is 2. The summed E-state index contributed by atoms with van der Waals surface area (Å²) in [6.45, 7) is 0. The highest BCUT2D eigenvalue weighted by Gasteiger charge is 2.20. The van der Waals surface area contributed by atoms with Crippen LogP contribution >= 0.6 is 11.6 Å². The molecule has 0 unspecified atom stereocenters. The third-order valence-electron chi connectivity index (χ3n) is 3.35. The van der Waals surface area contributed by atoms with Gasteiger partial charge in [0.15, 0.2) is 0 Å². The van der Waals surface area contributed by atoms with E-state index in [2.05, 4.69) is 5.32 Å². The molecule has 2 rings (SSSR count). The van der Waals surface area contributed by atoms with Crippen LogP contribution in [-0.2, 0) is 15.6 Å². The zero-order chi connectivity index (χ0) is 17.5. The van der Waals surface area contributed by atoms with E-state index < -0.39 is 28.7 Å². The van der Waals surface area contributed by atoms with Crippen LogP contribution in [0.3, 0.4) is 0 Å². The van der Waals surface area contributed by atoms with Gasteiger partial charge in [-0.2, -0.15) is 0 Å². The van der Waals surface area contributed by atoms with Gasteiger partial charge in [0.25, 0.3) is 5.91 Å². The highest BCUT2D eigenvalue weighted by atomic mass is 35.5. The lowest BCUT2D eigenvalue weighted by atomic mass is 10.1. The molecule has 0 aliphatic heterocycles. The van der Waals surface area contributed by atoms with Crippen LogP contribution in [0.5, 0.6) is 0 Å². The second-order valence-electron chi connectivity index (χ2n) is 5.09. The van der Waals surface area contributed by atoms with Gasteiger partial charge in [0.05, 0.1) is 10.8 Å². The molecule has 2 aromatic carbocycles. The molecule has 0 radical (unpaired) electrons. The molecular formula is C17H17ClN2O3S. The predicted octanol–water partition coefficient (Wildman–Crippen LogP) is 2.12. The van der Waals surface area contributed by atoms with E-state index in [4.69, 9.17) is 17.3 Å². The van der Waals surface area contributed by atoms with E-state index in [1.165, 1.54) is 0 Å². The van der Waals surface area contributed by atoms with E-state index in [0.717, 1.165) is 0 Å². The summed E-state index contributed by atoms with van der Waals surface area (Å²) in [5.74, 6) is -0.873. The normalized spacial score (nSPS) is 13.0. The van der Waals surface area contributed by atoms with Gasteiger partial charge in [0, 0.05) is 21.2 Å². The first-order valence-corrected chi connectivity index (χ1v) is 8.96. The van der Waals surface area contributed by atoms with Gasteiger partial charge in [-0.3, -0.25) is 13.8 Å². The van der Waals surface area contributed by atoms with Gasteiger partial charge in [-0.05, 0) is 42.8 Å². The molecule has 0 bridgehead atoms. The molecular weight excluding hydrogens is 348 g/mol. The monoisotopic (exact) mass is 364 g/mol. The maximum atomic E-state index is 12.2. The van der Waals surface area contributed by atoms with Crippen molar-refractivity contribution >= 4 is 34.2 Å². The number of amides is 2. The number of hydrogen-bond donors (Lipinski definition) is 2. The summed E-state index contributed by atoms with van der Waals surface area (Å²) >= 11 is 5.78. The fraction of sp³-hybridized carbons (Fsp3) is 0.176. The number of hydrogen-bond acceptors (Lipinski definition) is 3. The van der Waals surface area contributed by atoms with Crippen molar-refractivity contribution in [2.45, 2.75) is 17.4 Å². The average molecular weight is 365 g/mol. The Bertz CT molecular complexity index is 735. The fourth-order valence-corrected chi connectivity index (χ4v) is 3.32. The topological polar surface area (TPSA) is 89.3 Å². The Kier molecular flexibility index (Phi) is 6.52. The lowest BCUT2D eigenvalue weighted by Crippen LogP contribution is -2.45. The number of halogens is 1. The molecule has 2 amide bonds. The molecule has 0 saturated heterocycles. The van der Waals surface area contributed by atoms with Crippen molar-refractivity contribution in [1.82, 2.24) is 5.32 Å². The minimum atomic E-state index is -1.26. The van der Waals surface area contributed by atoms with Gasteiger partial charge in [-0.25, -0.2) is 0 Å². The van der Waals surface area contributed by atoms with Gasteiger partial charge in [-0.15, -0.1) is 0 Å². The zero-order valence-electron chi connectivity index (χ0n) is 12.8. The van der Waals surface area contributed by atoms with Crippen molar-refractivity contribution in [3.05, 3.63) is 65.2 Å². The van der Waals surface area contributed by atoms with Crippen LogP contribution in [0.1, 0.15) is 16.8 Å². The highest BCUT2D eigenvalue weighted by Crippen LogP contribution is 2.11. The second-order valence-corrected chi connectivity index (χ2v) is 7.09. The van der Waals surface area contributed by atoms with Crippen LogP contribution in [0.15, 0.2) is 59.5 Å². The summed E-state index contributed by atoms with van der Waals surface area (Å²) in [5.41, 5.74) is 5.71. The Morgan fingerprint density at radius 1 is 1.08 bits per heavy atom. The van der Waals surface area contributed by atoms with Crippen molar-refractivity contribution in [2.24, 2.45) is 5.73 Å². The SMILES string of the molecule is NC(=O)[C@@H](CC[S@](=O)c1ccccc1)NC(=O)c1ccc(Cl)cc1. The summed E-state index contributed by atoms with van der Waals surface area (Å²) in [6, 6.07) is 14.3. The van der Waals surface area contributed by atoms with Gasteiger partial charge in [-0.1, -0.05) is 29.8 Å². The minimum absolute atomic E-state index is 0.191. The van der Waals surface area contributed by atoms with Crippen LogP contribution in [0.4, 0.5) is 0 Å². The first kappa shape index (κ1) is 18.2. The Labute approximate surface area is 147 Å². The summed E-state index contributed by atoms with van der Waals surface area (Å²) in [4.78, 5) is 24.4. The lowest BCUT2D eigenvalue weighted by molar-refractivity contribution is -0.119. The first-order chi connectivity index (χ1) is 11.5. The number of rotatable bonds is 7. The molecule has 0 aromatic heterocycles. The van der Waals surface area contributed by atoms with Gasteiger partial charge < -0.3 is 11.1 Å². The number of nitrogens with one attached hydrogen (secondary N) is 1. The van der Waals surface area contributed by atoms with Crippen molar-refractivity contribution in [3.8, 4) is 0 Å². The molecule has 2 atom stereocenters. The molecule has 0 aliphatic carbocycles. The average Bonchev–Trinajstić information content (AvgIpc) is 2.59. The zero-order valence-corrected chi connectivity index (χ0v) is 14.3. The van der Waals surface area contributed by atoms with Crippen LogP contribution in [-0.4, -0.2) is 27.8 Å². The van der Waals surface area contributed by atoms with E-state index in [-0.39, 0.29) is 12.2 Å². The van der Waals surface area contributed by atoms with Crippen molar-refractivity contribution in [2.75, 3.05) is 5.75 Å². The maximum absolute atomic E-state index is 12.2. The lowest BCUT2D eigenvalue weighted by Gasteiger charge is -2.15. The molecule has 0 spiro atoms. The molecule has 24 heavy (non-hydrogen) atoms. The first-order valence-electron chi connectivity index (χ1n) is 7.26. The summed E-state index contributed by atoms with van der Waals surface area (Å²) in [5, 5.41) is 3.08. The molecule has 3 N–H and O–H groups in total. The van der Waals surface area contributed by atoms with E-state index in [1.54, 1.807) is 48.5 Å². The highest BCUT2D eigenvalue weighted by molar-refractivity contribution is 7.85. The Morgan fingerprint density at radius 3 is 2.29 bits per heavy atom. The molecule has 0 fully saturated rings. The number of benzene rings is 2. The summed E-state index contributed by atoms with van der Waals surface area (Å²) in [6.07, 6.45) is 0.191. The van der Waals surface area contributed by atoms with Gasteiger partial charge >= 0.3 is 0 Å². The summed E-state index contributed by atoms with van der Waals surface area (Å²) < 4.78 is 12.2. The Balaban J connectivity index is 1.97. The van der Waals surface area contributed by atoms with Crippen LogP contribution < -0.4 is 11.1 Å². The molecule has 0 aliphatic rings. The molecule has 126 valence electrons. The molecule has 0 saturated carbocycles. The molecule has 0 heterocycles. The number of nitrogens with two attached hydrogens (primary N) is 1. The molecule has 7 heteroatoms. The maximum Gasteiger partial charge on any atom is 0.251 e. The fourth-order valence-electron chi connectivity index (χ4n) is 2.04.